The number of hydrogen-bond donors (Lipinski definition) is 2. The van der Waals surface area contributed by atoms with E-state index in [2.05, 4.69) is 25.8 Å². The van der Waals surface area contributed by atoms with Gasteiger partial charge in [-0.1, -0.05) is 0 Å². The van der Waals surface area contributed by atoms with E-state index < -0.39 is 12.0 Å². The number of esters is 1. The quantitative estimate of drug-likeness (QED) is 0.796. The van der Waals surface area contributed by atoms with Crippen LogP contribution in [0, 0.1) is 6.92 Å². The molecule has 2 aromatic heterocycles. The van der Waals surface area contributed by atoms with Gasteiger partial charge in [-0.05, 0) is 19.9 Å². The third kappa shape index (κ3) is 4.25. The first kappa shape index (κ1) is 16.4. The molecule has 2 N–H and O–H groups in total. The number of carbonyl (C=O) groups excluding carboxylic acids is 2. The highest BCUT2D eigenvalue weighted by Gasteiger charge is 2.12. The SMILES string of the molecule is CCOC(=O)c1cnc(C)c(NC(=O)NCc2nncn2C)c1. The molecule has 0 aliphatic rings. The number of carbonyl (C=O) groups is 2. The molecule has 0 saturated heterocycles. The summed E-state index contributed by atoms with van der Waals surface area (Å²) in [4.78, 5) is 27.7. The average molecular weight is 318 g/mol. The molecule has 0 saturated carbocycles. The molecule has 2 heterocycles. The van der Waals surface area contributed by atoms with Crippen molar-refractivity contribution < 1.29 is 14.3 Å². The lowest BCUT2D eigenvalue weighted by atomic mass is 10.2. The summed E-state index contributed by atoms with van der Waals surface area (Å²) in [5.41, 5.74) is 1.30. The molecule has 0 aromatic carbocycles. The van der Waals surface area contributed by atoms with Crippen LogP contribution < -0.4 is 10.6 Å². The van der Waals surface area contributed by atoms with Crippen LogP contribution in [0.25, 0.3) is 0 Å². The van der Waals surface area contributed by atoms with Gasteiger partial charge in [0.2, 0.25) is 0 Å². The molecular weight excluding hydrogens is 300 g/mol. The molecule has 2 amide bonds. The van der Waals surface area contributed by atoms with Crippen LogP contribution >= 0.6 is 0 Å². The van der Waals surface area contributed by atoms with Crippen LogP contribution in [0.4, 0.5) is 10.5 Å². The fourth-order valence-corrected chi connectivity index (χ4v) is 1.78. The Balaban J connectivity index is 2.01. The number of ether oxygens (including phenoxy) is 1. The van der Waals surface area contributed by atoms with Gasteiger partial charge in [0.15, 0.2) is 5.82 Å². The number of nitrogens with one attached hydrogen (secondary N) is 2. The lowest BCUT2D eigenvalue weighted by Crippen LogP contribution is -2.29. The van der Waals surface area contributed by atoms with Crippen molar-refractivity contribution in [3.05, 3.63) is 35.7 Å². The lowest BCUT2D eigenvalue weighted by molar-refractivity contribution is 0.0526. The molecule has 0 radical (unpaired) electrons. The van der Waals surface area contributed by atoms with E-state index in [1.807, 2.05) is 0 Å². The van der Waals surface area contributed by atoms with Crippen molar-refractivity contribution in [2.45, 2.75) is 20.4 Å². The predicted molar refractivity (Wildman–Crippen MR) is 81.8 cm³/mol. The van der Waals surface area contributed by atoms with Gasteiger partial charge >= 0.3 is 12.0 Å². The van der Waals surface area contributed by atoms with E-state index in [0.29, 0.717) is 17.2 Å². The summed E-state index contributed by atoms with van der Waals surface area (Å²) in [5.74, 6) is 0.137. The number of anilines is 1. The average Bonchev–Trinajstić information content (AvgIpc) is 2.93. The van der Waals surface area contributed by atoms with Crippen LogP contribution in [-0.2, 0) is 18.3 Å². The summed E-state index contributed by atoms with van der Waals surface area (Å²) in [6.45, 7) is 3.95. The van der Waals surface area contributed by atoms with Gasteiger partial charge in [0.1, 0.15) is 6.33 Å². The number of aromatic nitrogens is 4. The summed E-state index contributed by atoms with van der Waals surface area (Å²) in [7, 11) is 1.78. The van der Waals surface area contributed by atoms with E-state index in [4.69, 9.17) is 4.74 Å². The number of amides is 2. The highest BCUT2D eigenvalue weighted by Crippen LogP contribution is 2.15. The van der Waals surface area contributed by atoms with Crippen molar-refractivity contribution in [1.29, 1.82) is 0 Å². The fourth-order valence-electron chi connectivity index (χ4n) is 1.78. The molecule has 0 bridgehead atoms. The highest BCUT2D eigenvalue weighted by atomic mass is 16.5. The van der Waals surface area contributed by atoms with Gasteiger partial charge in [0.05, 0.1) is 30.1 Å². The van der Waals surface area contributed by atoms with Crippen molar-refractivity contribution in [2.24, 2.45) is 7.05 Å². The van der Waals surface area contributed by atoms with Crippen molar-refractivity contribution in [1.82, 2.24) is 25.1 Å². The largest absolute Gasteiger partial charge is 0.462 e. The highest BCUT2D eigenvalue weighted by molar-refractivity contribution is 5.94. The second kappa shape index (κ2) is 7.34. The van der Waals surface area contributed by atoms with Gasteiger partial charge < -0.3 is 19.9 Å². The minimum atomic E-state index is -0.484. The number of aryl methyl sites for hydroxylation is 2. The first-order chi connectivity index (χ1) is 11.0. The van der Waals surface area contributed by atoms with Gasteiger partial charge in [-0.2, -0.15) is 0 Å². The van der Waals surface area contributed by atoms with Crippen molar-refractivity contribution in [3.63, 3.8) is 0 Å². The van der Waals surface area contributed by atoms with Crippen molar-refractivity contribution >= 4 is 17.7 Å². The van der Waals surface area contributed by atoms with Crippen LogP contribution in [0.5, 0.6) is 0 Å². The van der Waals surface area contributed by atoms with E-state index >= 15 is 0 Å². The molecule has 2 rings (SSSR count). The molecule has 0 atom stereocenters. The minimum absolute atomic E-state index is 0.229. The molecule has 0 fully saturated rings. The van der Waals surface area contributed by atoms with Crippen LogP contribution in [0.2, 0.25) is 0 Å². The number of urea groups is 1. The van der Waals surface area contributed by atoms with Gasteiger partial charge in [0.25, 0.3) is 0 Å². The Morgan fingerprint density at radius 3 is 2.83 bits per heavy atom. The fraction of sp³-hybridized carbons (Fsp3) is 0.357. The minimum Gasteiger partial charge on any atom is -0.462 e. The number of rotatable bonds is 5. The molecule has 0 spiro atoms. The maximum atomic E-state index is 12.0. The van der Waals surface area contributed by atoms with E-state index in [-0.39, 0.29) is 18.7 Å². The Morgan fingerprint density at radius 1 is 1.39 bits per heavy atom. The molecule has 0 aliphatic heterocycles. The summed E-state index contributed by atoms with van der Waals surface area (Å²) in [6, 6.07) is 1.10. The maximum Gasteiger partial charge on any atom is 0.339 e. The number of hydrogen-bond acceptors (Lipinski definition) is 6. The zero-order chi connectivity index (χ0) is 16.8. The Bertz CT molecular complexity index is 712. The number of pyridine rings is 1. The van der Waals surface area contributed by atoms with Gasteiger partial charge in [-0.15, -0.1) is 10.2 Å². The van der Waals surface area contributed by atoms with Crippen LogP contribution in [0.15, 0.2) is 18.6 Å². The summed E-state index contributed by atoms with van der Waals surface area (Å²) < 4.78 is 6.62. The molecule has 9 heteroatoms. The number of nitrogens with zero attached hydrogens (tertiary/aromatic N) is 4. The topological polar surface area (TPSA) is 111 Å². The van der Waals surface area contributed by atoms with Gasteiger partial charge in [-0.25, -0.2) is 9.59 Å². The molecule has 9 nitrogen and oxygen atoms in total. The van der Waals surface area contributed by atoms with Crippen molar-refractivity contribution in [2.75, 3.05) is 11.9 Å². The third-order valence-electron chi connectivity index (χ3n) is 3.06. The van der Waals surface area contributed by atoms with E-state index in [1.54, 1.807) is 31.8 Å². The molecule has 0 aliphatic carbocycles. The monoisotopic (exact) mass is 318 g/mol. The molecule has 0 unspecified atom stereocenters. The van der Waals surface area contributed by atoms with E-state index in [9.17, 15) is 9.59 Å². The first-order valence-electron chi connectivity index (χ1n) is 7.02. The molecule has 2 aromatic rings. The van der Waals surface area contributed by atoms with Gasteiger partial charge in [-0.3, -0.25) is 4.98 Å². The van der Waals surface area contributed by atoms with Crippen LogP contribution in [-0.4, -0.2) is 38.4 Å². The Morgan fingerprint density at radius 2 is 2.17 bits per heavy atom. The molecular formula is C14H18N6O3. The van der Waals surface area contributed by atoms with Gasteiger partial charge in [0, 0.05) is 13.2 Å². The lowest BCUT2D eigenvalue weighted by Gasteiger charge is -2.10. The zero-order valence-electron chi connectivity index (χ0n) is 13.2. The first-order valence-corrected chi connectivity index (χ1v) is 7.02. The van der Waals surface area contributed by atoms with E-state index in [1.165, 1.54) is 12.3 Å². The molecule has 23 heavy (non-hydrogen) atoms. The smallest absolute Gasteiger partial charge is 0.339 e. The second-order valence-corrected chi connectivity index (χ2v) is 4.74. The van der Waals surface area contributed by atoms with E-state index in [0.717, 1.165) is 0 Å². The maximum absolute atomic E-state index is 12.0. The Hall–Kier alpha value is -2.97. The predicted octanol–water partition coefficient (Wildman–Crippen LogP) is 1.02. The Kier molecular flexibility index (Phi) is 5.23. The standard InChI is InChI=1S/C14H18N6O3/c1-4-23-13(21)10-5-11(9(2)15-6-10)18-14(22)16-7-12-19-17-8-20(12)3/h5-6,8H,4,7H2,1-3H3,(H2,16,18,22). The second-order valence-electron chi connectivity index (χ2n) is 4.74. The van der Waals surface area contributed by atoms with Crippen LogP contribution in [0.3, 0.4) is 0 Å². The summed E-state index contributed by atoms with van der Waals surface area (Å²) in [5, 5.41) is 12.9. The third-order valence-corrected chi connectivity index (χ3v) is 3.06. The van der Waals surface area contributed by atoms with Crippen molar-refractivity contribution in [3.8, 4) is 0 Å². The normalized spacial score (nSPS) is 10.2. The van der Waals surface area contributed by atoms with Crippen LogP contribution in [0.1, 0.15) is 28.8 Å². The Labute approximate surface area is 133 Å². The molecule has 122 valence electrons. The zero-order valence-corrected chi connectivity index (χ0v) is 13.2. The summed E-state index contributed by atoms with van der Waals surface area (Å²) in [6.07, 6.45) is 2.96. The summed E-state index contributed by atoms with van der Waals surface area (Å²) >= 11 is 0.